The second-order valence-corrected chi connectivity index (χ2v) is 7.46. The maximum atomic E-state index is 12.1. The molecule has 0 aliphatic heterocycles. The predicted molar refractivity (Wildman–Crippen MR) is 85.0 cm³/mol. The zero-order valence-corrected chi connectivity index (χ0v) is 14.1. The third-order valence-electron chi connectivity index (χ3n) is 2.41. The molecule has 0 saturated heterocycles. The minimum atomic E-state index is -0.418. The third-order valence-corrected chi connectivity index (χ3v) is 4.88. The predicted octanol–water partition coefficient (Wildman–Crippen LogP) is 4.31. The third kappa shape index (κ3) is 3.47. The van der Waals surface area contributed by atoms with Gasteiger partial charge < -0.3 is 10.1 Å². The second kappa shape index (κ2) is 6.51. The van der Waals surface area contributed by atoms with Crippen molar-refractivity contribution >= 4 is 55.5 Å². The number of amides is 1. The molecule has 7 heteroatoms. The molecule has 2 rings (SSSR count). The van der Waals surface area contributed by atoms with Crippen molar-refractivity contribution in [2.45, 2.75) is 13.8 Å². The van der Waals surface area contributed by atoms with Crippen molar-refractivity contribution in [1.29, 1.82) is 0 Å². The number of thiophene rings is 2. The van der Waals surface area contributed by atoms with Crippen LogP contribution in [0.2, 0.25) is 0 Å². The normalized spacial score (nSPS) is 10.3. The molecule has 0 bridgehead atoms. The number of rotatable bonds is 4. The number of nitrogens with one attached hydrogen (secondary N) is 1. The van der Waals surface area contributed by atoms with Crippen LogP contribution in [0.1, 0.15) is 32.5 Å². The van der Waals surface area contributed by atoms with E-state index in [-0.39, 0.29) is 5.91 Å². The number of esters is 1. The van der Waals surface area contributed by atoms with Crippen molar-refractivity contribution in [3.8, 4) is 0 Å². The summed E-state index contributed by atoms with van der Waals surface area (Å²) >= 11 is 6.11. The van der Waals surface area contributed by atoms with Gasteiger partial charge in [-0.05, 0) is 41.9 Å². The van der Waals surface area contributed by atoms with Crippen LogP contribution in [0.3, 0.4) is 0 Å². The fourth-order valence-electron chi connectivity index (χ4n) is 1.57. The molecule has 0 aliphatic carbocycles. The van der Waals surface area contributed by atoms with E-state index in [0.717, 1.165) is 8.66 Å². The van der Waals surface area contributed by atoms with E-state index in [1.165, 1.54) is 22.7 Å². The number of ether oxygens (including phenoxy) is 1. The molecule has 0 aliphatic rings. The van der Waals surface area contributed by atoms with Crippen LogP contribution in [0.15, 0.2) is 21.3 Å². The topological polar surface area (TPSA) is 55.4 Å². The maximum Gasteiger partial charge on any atom is 0.341 e. The highest BCUT2D eigenvalue weighted by Crippen LogP contribution is 2.29. The van der Waals surface area contributed by atoms with Crippen molar-refractivity contribution in [2.75, 3.05) is 11.9 Å². The monoisotopic (exact) mass is 373 g/mol. The van der Waals surface area contributed by atoms with E-state index in [2.05, 4.69) is 21.2 Å². The standard InChI is InChI=1S/C13H12BrNO3S2/c1-3-18-13(17)9-4-7(2)20-12(9)15-11(16)8-5-10(14)19-6-8/h4-6H,3H2,1-2H3,(H,15,16). The zero-order valence-electron chi connectivity index (χ0n) is 10.9. The molecule has 1 amide bonds. The zero-order chi connectivity index (χ0) is 14.7. The van der Waals surface area contributed by atoms with Gasteiger partial charge in [-0.25, -0.2) is 4.79 Å². The molecular formula is C13H12BrNO3S2. The molecule has 4 nitrogen and oxygen atoms in total. The highest BCUT2D eigenvalue weighted by Gasteiger charge is 2.18. The molecule has 0 spiro atoms. The first kappa shape index (κ1) is 15.2. The number of carbonyl (C=O) groups excluding carboxylic acids is 2. The lowest BCUT2D eigenvalue weighted by Gasteiger charge is -2.04. The highest BCUT2D eigenvalue weighted by atomic mass is 79.9. The van der Waals surface area contributed by atoms with Crippen LogP contribution in [0, 0.1) is 6.92 Å². The second-order valence-electron chi connectivity index (χ2n) is 3.91. The van der Waals surface area contributed by atoms with Crippen molar-refractivity contribution in [3.05, 3.63) is 37.3 Å². The number of anilines is 1. The summed E-state index contributed by atoms with van der Waals surface area (Å²) < 4.78 is 5.87. The molecule has 20 heavy (non-hydrogen) atoms. The van der Waals surface area contributed by atoms with Gasteiger partial charge in [0.1, 0.15) is 5.00 Å². The number of halogens is 1. The molecule has 2 aromatic heterocycles. The Kier molecular flexibility index (Phi) is 4.95. The first-order chi connectivity index (χ1) is 9.51. The van der Waals surface area contributed by atoms with Crippen LogP contribution in [0.4, 0.5) is 5.00 Å². The van der Waals surface area contributed by atoms with Gasteiger partial charge in [-0.1, -0.05) is 0 Å². The molecule has 0 unspecified atom stereocenters. The molecule has 106 valence electrons. The lowest BCUT2D eigenvalue weighted by Crippen LogP contribution is -2.13. The smallest absolute Gasteiger partial charge is 0.341 e. The Morgan fingerprint density at radius 2 is 2.15 bits per heavy atom. The van der Waals surface area contributed by atoms with E-state index >= 15 is 0 Å². The quantitative estimate of drug-likeness (QED) is 0.812. The first-order valence-electron chi connectivity index (χ1n) is 5.84. The van der Waals surface area contributed by atoms with Crippen LogP contribution in [-0.2, 0) is 4.74 Å². The van der Waals surface area contributed by atoms with Gasteiger partial charge in [0, 0.05) is 10.3 Å². The number of hydrogen-bond acceptors (Lipinski definition) is 5. The SMILES string of the molecule is CCOC(=O)c1cc(C)sc1NC(=O)c1csc(Br)c1. The van der Waals surface area contributed by atoms with Crippen LogP contribution in [0.25, 0.3) is 0 Å². The van der Waals surface area contributed by atoms with Crippen molar-refractivity contribution in [1.82, 2.24) is 0 Å². The van der Waals surface area contributed by atoms with Crippen LogP contribution < -0.4 is 5.32 Å². The first-order valence-corrected chi connectivity index (χ1v) is 8.33. The summed E-state index contributed by atoms with van der Waals surface area (Å²) in [5, 5.41) is 5.04. The summed E-state index contributed by atoms with van der Waals surface area (Å²) in [7, 11) is 0. The van der Waals surface area contributed by atoms with Gasteiger partial charge in [-0.15, -0.1) is 22.7 Å². The van der Waals surface area contributed by atoms with E-state index in [1.54, 1.807) is 24.4 Å². The van der Waals surface area contributed by atoms with E-state index in [1.807, 2.05) is 6.92 Å². The number of hydrogen-bond donors (Lipinski definition) is 1. The summed E-state index contributed by atoms with van der Waals surface area (Å²) in [6.45, 7) is 3.93. The minimum absolute atomic E-state index is 0.237. The molecule has 0 saturated carbocycles. The molecule has 0 aromatic carbocycles. The molecule has 1 N–H and O–H groups in total. The Balaban J connectivity index is 2.21. The minimum Gasteiger partial charge on any atom is -0.462 e. The van der Waals surface area contributed by atoms with Gasteiger partial charge >= 0.3 is 5.97 Å². The molecule has 2 heterocycles. The van der Waals surface area contributed by atoms with Crippen LogP contribution in [-0.4, -0.2) is 18.5 Å². The van der Waals surface area contributed by atoms with Gasteiger partial charge in [0.05, 0.1) is 21.5 Å². The van der Waals surface area contributed by atoms with Crippen LogP contribution >= 0.6 is 38.6 Å². The molecule has 2 aromatic rings. The Morgan fingerprint density at radius 3 is 2.75 bits per heavy atom. The van der Waals surface area contributed by atoms with Crippen molar-refractivity contribution in [3.63, 3.8) is 0 Å². The number of aryl methyl sites for hydroxylation is 1. The van der Waals surface area contributed by atoms with Crippen LogP contribution in [0.5, 0.6) is 0 Å². The van der Waals surface area contributed by atoms with E-state index in [0.29, 0.717) is 22.7 Å². The summed E-state index contributed by atoms with van der Waals surface area (Å²) in [4.78, 5) is 24.9. The summed E-state index contributed by atoms with van der Waals surface area (Å²) in [6.07, 6.45) is 0. The van der Waals surface area contributed by atoms with Gasteiger partial charge in [0.2, 0.25) is 0 Å². The fraction of sp³-hybridized carbons (Fsp3) is 0.231. The average molecular weight is 374 g/mol. The lowest BCUT2D eigenvalue weighted by atomic mass is 10.2. The Morgan fingerprint density at radius 1 is 1.40 bits per heavy atom. The van der Waals surface area contributed by atoms with Crippen molar-refractivity contribution < 1.29 is 14.3 Å². The Labute approximate surface area is 132 Å². The van der Waals surface area contributed by atoms with E-state index in [4.69, 9.17) is 4.74 Å². The maximum absolute atomic E-state index is 12.1. The Bertz CT molecular complexity index is 648. The largest absolute Gasteiger partial charge is 0.462 e. The molecule has 0 radical (unpaired) electrons. The van der Waals surface area contributed by atoms with Crippen molar-refractivity contribution in [2.24, 2.45) is 0 Å². The van der Waals surface area contributed by atoms with E-state index in [9.17, 15) is 9.59 Å². The van der Waals surface area contributed by atoms with Gasteiger partial charge in [-0.2, -0.15) is 0 Å². The number of carbonyl (C=O) groups is 2. The summed E-state index contributed by atoms with van der Waals surface area (Å²) in [5.74, 6) is -0.655. The lowest BCUT2D eigenvalue weighted by molar-refractivity contribution is 0.0528. The Hall–Kier alpha value is -1.18. The fourth-order valence-corrected chi connectivity index (χ4v) is 3.60. The molecular weight excluding hydrogens is 362 g/mol. The molecule has 0 fully saturated rings. The summed E-state index contributed by atoms with van der Waals surface area (Å²) in [6, 6.07) is 3.46. The van der Waals surface area contributed by atoms with Gasteiger partial charge in [0.25, 0.3) is 5.91 Å². The van der Waals surface area contributed by atoms with Gasteiger partial charge in [0.15, 0.2) is 0 Å². The van der Waals surface area contributed by atoms with E-state index < -0.39 is 5.97 Å². The highest BCUT2D eigenvalue weighted by molar-refractivity contribution is 9.11. The average Bonchev–Trinajstić information content (AvgIpc) is 2.96. The van der Waals surface area contributed by atoms with Gasteiger partial charge in [-0.3, -0.25) is 4.79 Å². The molecule has 0 atom stereocenters. The summed E-state index contributed by atoms with van der Waals surface area (Å²) in [5.41, 5.74) is 0.958.